The second kappa shape index (κ2) is 8.05. The average molecular weight is 489 g/mol. The molecule has 2 N–H and O–H groups in total. The minimum absolute atomic E-state index is 0.0670. The molecular formula is C17H20F4INO3. The lowest BCUT2D eigenvalue weighted by Gasteiger charge is -2.38. The smallest absolute Gasteiger partial charge is 0.400 e. The Labute approximate surface area is 162 Å². The highest BCUT2D eigenvalue weighted by molar-refractivity contribution is 14.1. The molecule has 9 heteroatoms. The zero-order chi connectivity index (χ0) is 18.9. The van der Waals surface area contributed by atoms with Gasteiger partial charge in [0, 0.05) is 18.1 Å². The highest BCUT2D eigenvalue weighted by Gasteiger charge is 2.45. The van der Waals surface area contributed by atoms with Crippen molar-refractivity contribution in [2.45, 2.75) is 42.0 Å². The summed E-state index contributed by atoms with van der Waals surface area (Å²) in [5.74, 6) is -3.80. The van der Waals surface area contributed by atoms with Crippen molar-refractivity contribution in [3.05, 3.63) is 23.8 Å². The Kier molecular flexibility index (Phi) is 6.18. The van der Waals surface area contributed by atoms with Crippen molar-refractivity contribution in [1.82, 2.24) is 0 Å². The van der Waals surface area contributed by atoms with E-state index in [2.05, 4.69) is 27.3 Å². The van der Waals surface area contributed by atoms with Crippen LogP contribution in [-0.2, 0) is 9.47 Å². The molecule has 0 atom stereocenters. The topological polar surface area (TPSA) is 53.7 Å². The molecule has 1 saturated carbocycles. The Morgan fingerprint density at radius 2 is 1.58 bits per heavy atom. The maximum atomic E-state index is 14.4. The second-order valence-corrected chi connectivity index (χ2v) is 8.47. The van der Waals surface area contributed by atoms with E-state index in [1.54, 1.807) is 0 Å². The molecule has 0 amide bonds. The SMILES string of the molecule is Nc1c(F)cc(OC(F)(F)C2CCC(C3OCC(I)CO3)CC2)cc1F. The third kappa shape index (κ3) is 4.53. The first-order chi connectivity index (χ1) is 12.3. The maximum Gasteiger partial charge on any atom is 0.400 e. The fourth-order valence-electron chi connectivity index (χ4n) is 3.35. The molecular weight excluding hydrogens is 469 g/mol. The molecule has 3 rings (SSSR count). The van der Waals surface area contributed by atoms with Crippen LogP contribution < -0.4 is 10.5 Å². The molecule has 1 aliphatic carbocycles. The highest BCUT2D eigenvalue weighted by Crippen LogP contribution is 2.42. The fourth-order valence-corrected chi connectivity index (χ4v) is 3.77. The van der Waals surface area contributed by atoms with Crippen LogP contribution in [0.1, 0.15) is 25.7 Å². The Morgan fingerprint density at radius 3 is 2.12 bits per heavy atom. The summed E-state index contributed by atoms with van der Waals surface area (Å²) in [6.07, 6.45) is -2.41. The first-order valence-corrected chi connectivity index (χ1v) is 9.69. The average Bonchev–Trinajstić information content (AvgIpc) is 2.60. The minimum atomic E-state index is -3.53. The summed E-state index contributed by atoms with van der Waals surface area (Å²) in [4.78, 5) is 0. The van der Waals surface area contributed by atoms with Crippen LogP contribution in [0.25, 0.3) is 0 Å². The van der Waals surface area contributed by atoms with Crippen molar-refractivity contribution < 1.29 is 31.8 Å². The highest BCUT2D eigenvalue weighted by atomic mass is 127. The molecule has 0 spiro atoms. The van der Waals surface area contributed by atoms with Gasteiger partial charge in [0.1, 0.15) is 11.4 Å². The quantitative estimate of drug-likeness (QED) is 0.293. The van der Waals surface area contributed by atoms with Gasteiger partial charge in [-0.05, 0) is 25.7 Å². The van der Waals surface area contributed by atoms with Crippen LogP contribution in [0.2, 0.25) is 0 Å². The molecule has 4 nitrogen and oxygen atoms in total. The zero-order valence-corrected chi connectivity index (χ0v) is 16.1. The lowest BCUT2D eigenvalue weighted by molar-refractivity contribution is -0.238. The van der Waals surface area contributed by atoms with Crippen LogP contribution in [0.3, 0.4) is 0 Å². The monoisotopic (exact) mass is 489 g/mol. The van der Waals surface area contributed by atoms with Gasteiger partial charge >= 0.3 is 6.11 Å². The van der Waals surface area contributed by atoms with Gasteiger partial charge in [-0.15, -0.1) is 0 Å². The van der Waals surface area contributed by atoms with Gasteiger partial charge in [-0.2, -0.15) is 8.78 Å². The number of anilines is 1. The zero-order valence-electron chi connectivity index (χ0n) is 13.9. The van der Waals surface area contributed by atoms with Gasteiger partial charge in [-0.25, -0.2) is 8.78 Å². The Hall–Kier alpha value is -0.810. The van der Waals surface area contributed by atoms with Crippen molar-refractivity contribution >= 4 is 28.3 Å². The number of halogens is 5. The van der Waals surface area contributed by atoms with E-state index in [1.807, 2.05) is 0 Å². The van der Waals surface area contributed by atoms with E-state index in [-0.39, 0.29) is 25.0 Å². The van der Waals surface area contributed by atoms with Crippen LogP contribution in [-0.4, -0.2) is 29.5 Å². The van der Waals surface area contributed by atoms with Crippen LogP contribution in [0.5, 0.6) is 5.75 Å². The van der Waals surface area contributed by atoms with E-state index in [0.717, 1.165) is 0 Å². The molecule has 146 valence electrons. The predicted molar refractivity (Wildman–Crippen MR) is 95.3 cm³/mol. The number of nitrogens with two attached hydrogens (primary N) is 1. The molecule has 1 heterocycles. The number of ether oxygens (including phenoxy) is 3. The summed E-state index contributed by atoms with van der Waals surface area (Å²) < 4.78 is 71.9. The van der Waals surface area contributed by atoms with Crippen molar-refractivity contribution in [2.24, 2.45) is 11.8 Å². The molecule has 1 aromatic carbocycles. The van der Waals surface area contributed by atoms with E-state index < -0.39 is 35.1 Å². The van der Waals surface area contributed by atoms with Gasteiger partial charge in [0.05, 0.1) is 23.1 Å². The number of hydrogen-bond acceptors (Lipinski definition) is 4. The number of benzene rings is 1. The van der Waals surface area contributed by atoms with Crippen LogP contribution in [0, 0.1) is 23.5 Å². The maximum absolute atomic E-state index is 14.4. The lowest BCUT2D eigenvalue weighted by atomic mass is 9.81. The van der Waals surface area contributed by atoms with Crippen molar-refractivity contribution in [3.63, 3.8) is 0 Å². The van der Waals surface area contributed by atoms with Gasteiger partial charge in [0.15, 0.2) is 17.9 Å². The van der Waals surface area contributed by atoms with E-state index in [9.17, 15) is 17.6 Å². The van der Waals surface area contributed by atoms with Crippen LogP contribution in [0.15, 0.2) is 12.1 Å². The first kappa shape index (κ1) is 19.9. The number of alkyl halides is 3. The standard InChI is InChI=1S/C17H20F4INO3/c18-13-5-12(6-14(19)15(13)23)26-17(20,21)10-3-1-9(2-4-10)16-24-7-11(22)8-25-16/h5-6,9-11,16H,1-4,7-8,23H2. The Balaban J connectivity index is 1.57. The Bertz CT molecular complexity index is 609. The molecule has 0 radical (unpaired) electrons. The molecule has 2 fully saturated rings. The second-order valence-electron chi connectivity index (χ2n) is 6.71. The molecule has 1 aromatic rings. The third-order valence-corrected chi connectivity index (χ3v) is 5.54. The first-order valence-electron chi connectivity index (χ1n) is 8.45. The molecule has 2 aliphatic rings. The summed E-state index contributed by atoms with van der Waals surface area (Å²) >= 11 is 2.24. The van der Waals surface area contributed by atoms with Gasteiger partial charge in [-0.3, -0.25) is 0 Å². The van der Waals surface area contributed by atoms with E-state index in [4.69, 9.17) is 15.2 Å². The number of hydrogen-bond donors (Lipinski definition) is 1. The van der Waals surface area contributed by atoms with Gasteiger partial charge in [0.25, 0.3) is 0 Å². The Morgan fingerprint density at radius 1 is 1.04 bits per heavy atom. The normalized spacial score (nSPS) is 30.2. The third-order valence-electron chi connectivity index (χ3n) is 4.82. The van der Waals surface area contributed by atoms with Crippen LogP contribution in [0.4, 0.5) is 23.2 Å². The summed E-state index contributed by atoms with van der Waals surface area (Å²) in [6.45, 7) is 1.19. The molecule has 0 aromatic heterocycles. The molecule has 0 unspecified atom stereocenters. The molecule has 26 heavy (non-hydrogen) atoms. The number of nitrogen functional groups attached to an aromatic ring is 1. The van der Waals surface area contributed by atoms with Crippen molar-refractivity contribution in [2.75, 3.05) is 18.9 Å². The van der Waals surface area contributed by atoms with E-state index >= 15 is 0 Å². The molecule has 1 saturated heterocycles. The van der Waals surface area contributed by atoms with E-state index in [0.29, 0.717) is 42.1 Å². The van der Waals surface area contributed by atoms with Gasteiger partial charge < -0.3 is 19.9 Å². The summed E-state index contributed by atoms with van der Waals surface area (Å²) in [6, 6.07) is 1.34. The van der Waals surface area contributed by atoms with Crippen LogP contribution >= 0.6 is 22.6 Å². The van der Waals surface area contributed by atoms with Gasteiger partial charge in [-0.1, -0.05) is 22.6 Å². The largest absolute Gasteiger partial charge is 0.432 e. The molecule has 0 bridgehead atoms. The van der Waals surface area contributed by atoms with Crippen molar-refractivity contribution in [3.8, 4) is 5.75 Å². The number of rotatable bonds is 4. The van der Waals surface area contributed by atoms with Gasteiger partial charge in [0.2, 0.25) is 0 Å². The van der Waals surface area contributed by atoms with Crippen molar-refractivity contribution in [1.29, 1.82) is 0 Å². The minimum Gasteiger partial charge on any atom is -0.432 e. The molecule has 1 aliphatic heterocycles. The summed E-state index contributed by atoms with van der Waals surface area (Å²) in [5, 5.41) is 0. The summed E-state index contributed by atoms with van der Waals surface area (Å²) in [7, 11) is 0. The fraction of sp³-hybridized carbons (Fsp3) is 0.647. The predicted octanol–water partition coefficient (Wildman–Crippen LogP) is 4.50. The summed E-state index contributed by atoms with van der Waals surface area (Å²) in [5.41, 5.74) is 4.41. The van der Waals surface area contributed by atoms with E-state index in [1.165, 1.54) is 0 Å². The lowest BCUT2D eigenvalue weighted by Crippen LogP contribution is -2.42.